The van der Waals surface area contributed by atoms with E-state index < -0.39 is 12.1 Å². The van der Waals surface area contributed by atoms with Crippen molar-refractivity contribution in [1.82, 2.24) is 5.32 Å². The van der Waals surface area contributed by atoms with Gasteiger partial charge in [-0.2, -0.15) is 0 Å². The molecule has 6 nitrogen and oxygen atoms in total. The van der Waals surface area contributed by atoms with Crippen LogP contribution in [0.25, 0.3) is 0 Å². The second-order valence-corrected chi connectivity index (χ2v) is 18.6. The number of unbranched alkanes of at least 4 members (excludes halogenated alkanes) is 37. The van der Waals surface area contributed by atoms with Crippen LogP contribution in [0.4, 0.5) is 0 Å². The van der Waals surface area contributed by atoms with Gasteiger partial charge >= 0.3 is 5.97 Å². The van der Waals surface area contributed by atoms with E-state index in [0.29, 0.717) is 25.9 Å². The Hall–Kier alpha value is -1.40. The van der Waals surface area contributed by atoms with E-state index in [4.69, 9.17) is 4.74 Å². The maximum Gasteiger partial charge on any atom is 0.305 e. The summed E-state index contributed by atoms with van der Waals surface area (Å²) in [5.41, 5.74) is 0. The van der Waals surface area contributed by atoms with Gasteiger partial charge in [0.05, 0.1) is 25.4 Å². The van der Waals surface area contributed by atoms with Crippen LogP contribution in [-0.2, 0) is 14.3 Å². The largest absolute Gasteiger partial charge is 0.466 e. The molecule has 0 heterocycles. The number of nitrogens with one attached hydrogen (secondary N) is 1. The highest BCUT2D eigenvalue weighted by Crippen LogP contribution is 2.17. The molecule has 0 spiro atoms. The number of hydrogen-bond donors (Lipinski definition) is 3. The number of esters is 1. The summed E-state index contributed by atoms with van der Waals surface area (Å²) in [6.07, 6.45) is 57.5. The van der Waals surface area contributed by atoms with Crippen LogP contribution < -0.4 is 5.32 Å². The number of amides is 1. The fraction of sp³-hybridized carbons (Fsp3) is 0.926. The van der Waals surface area contributed by atoms with Gasteiger partial charge in [0, 0.05) is 12.8 Å². The monoisotopic (exact) mass is 848 g/mol. The summed E-state index contributed by atoms with van der Waals surface area (Å²) in [5, 5.41) is 23.3. The predicted octanol–water partition coefficient (Wildman–Crippen LogP) is 16.1. The molecule has 0 saturated carbocycles. The van der Waals surface area contributed by atoms with E-state index >= 15 is 0 Å². The van der Waals surface area contributed by atoms with Crippen LogP contribution in [0.3, 0.4) is 0 Å². The summed E-state index contributed by atoms with van der Waals surface area (Å²) in [6.45, 7) is 4.90. The van der Waals surface area contributed by atoms with Crippen LogP contribution in [0.1, 0.15) is 296 Å². The lowest BCUT2D eigenvalue weighted by atomic mass is 10.0. The number of carbonyl (C=O) groups excluding carboxylic acids is 2. The lowest BCUT2D eigenvalue weighted by Gasteiger charge is -2.22. The highest BCUT2D eigenvalue weighted by molar-refractivity contribution is 5.76. The molecule has 6 heteroatoms. The average molecular weight is 848 g/mol. The SMILES string of the molecule is CCCC/C=C\CCCCCCCC(=O)OCCCCCCCCCCCCCCCC(=O)NC(CO)C(O)CCCCCCCCCCCCCCCCCCCCC. The summed E-state index contributed by atoms with van der Waals surface area (Å²) >= 11 is 0. The van der Waals surface area contributed by atoms with Crippen LogP contribution in [0.15, 0.2) is 12.2 Å². The van der Waals surface area contributed by atoms with Gasteiger partial charge in [0.25, 0.3) is 0 Å². The van der Waals surface area contributed by atoms with Gasteiger partial charge in [0.15, 0.2) is 0 Å². The first-order chi connectivity index (χ1) is 29.5. The Morgan fingerprint density at radius 1 is 0.450 bits per heavy atom. The lowest BCUT2D eigenvalue weighted by Crippen LogP contribution is -2.45. The molecule has 0 radical (unpaired) electrons. The smallest absolute Gasteiger partial charge is 0.305 e. The first kappa shape index (κ1) is 58.6. The summed E-state index contributed by atoms with van der Waals surface area (Å²) in [4.78, 5) is 24.4. The Labute approximate surface area is 374 Å². The zero-order valence-corrected chi connectivity index (χ0v) is 40.5. The van der Waals surface area contributed by atoms with E-state index in [9.17, 15) is 19.8 Å². The zero-order chi connectivity index (χ0) is 43.7. The van der Waals surface area contributed by atoms with E-state index in [1.807, 2.05) is 0 Å². The second kappa shape index (κ2) is 50.2. The summed E-state index contributed by atoms with van der Waals surface area (Å²) < 4.78 is 5.44. The number of rotatable bonds is 50. The zero-order valence-electron chi connectivity index (χ0n) is 40.5. The third-order valence-electron chi connectivity index (χ3n) is 12.6. The van der Waals surface area contributed by atoms with E-state index in [1.165, 1.54) is 212 Å². The van der Waals surface area contributed by atoms with Crippen molar-refractivity contribution in [1.29, 1.82) is 0 Å². The van der Waals surface area contributed by atoms with Crippen molar-refractivity contribution < 1.29 is 24.5 Å². The second-order valence-electron chi connectivity index (χ2n) is 18.6. The Bertz CT molecular complexity index is 893. The molecule has 0 aliphatic carbocycles. The van der Waals surface area contributed by atoms with Gasteiger partial charge in [0.1, 0.15) is 0 Å². The Morgan fingerprint density at radius 2 is 0.800 bits per heavy atom. The van der Waals surface area contributed by atoms with E-state index in [2.05, 4.69) is 31.3 Å². The molecule has 0 aromatic rings. The van der Waals surface area contributed by atoms with Gasteiger partial charge in [-0.25, -0.2) is 0 Å². The predicted molar refractivity (Wildman–Crippen MR) is 260 cm³/mol. The molecule has 0 saturated heterocycles. The van der Waals surface area contributed by atoms with E-state index in [1.54, 1.807) is 0 Å². The normalized spacial score (nSPS) is 12.7. The van der Waals surface area contributed by atoms with Crippen LogP contribution in [0.5, 0.6) is 0 Å². The third kappa shape index (κ3) is 46.1. The minimum Gasteiger partial charge on any atom is -0.466 e. The van der Waals surface area contributed by atoms with Crippen LogP contribution >= 0.6 is 0 Å². The van der Waals surface area contributed by atoms with Crippen LogP contribution in [0, 0.1) is 0 Å². The van der Waals surface area contributed by atoms with Gasteiger partial charge in [-0.1, -0.05) is 251 Å². The van der Waals surface area contributed by atoms with Crippen molar-refractivity contribution in [2.45, 2.75) is 309 Å². The minimum absolute atomic E-state index is 0.0159. The van der Waals surface area contributed by atoms with Crippen molar-refractivity contribution in [3.8, 4) is 0 Å². The molecule has 0 aromatic heterocycles. The van der Waals surface area contributed by atoms with Gasteiger partial charge in [-0.05, 0) is 44.9 Å². The van der Waals surface area contributed by atoms with Crippen molar-refractivity contribution in [3.63, 3.8) is 0 Å². The molecular weight excluding hydrogens is 743 g/mol. The fourth-order valence-corrected chi connectivity index (χ4v) is 8.39. The highest BCUT2D eigenvalue weighted by atomic mass is 16.5. The van der Waals surface area contributed by atoms with Gasteiger partial charge in [-0.3, -0.25) is 9.59 Å². The lowest BCUT2D eigenvalue weighted by molar-refractivity contribution is -0.143. The van der Waals surface area contributed by atoms with Gasteiger partial charge in [-0.15, -0.1) is 0 Å². The first-order valence-electron chi connectivity index (χ1n) is 26.9. The Kier molecular flexibility index (Phi) is 49.1. The molecular formula is C54H105NO5. The van der Waals surface area contributed by atoms with Crippen molar-refractivity contribution in [3.05, 3.63) is 12.2 Å². The molecule has 2 atom stereocenters. The number of carbonyl (C=O) groups is 2. The molecule has 2 unspecified atom stereocenters. The van der Waals surface area contributed by atoms with Crippen LogP contribution in [-0.4, -0.2) is 47.4 Å². The fourth-order valence-electron chi connectivity index (χ4n) is 8.39. The average Bonchev–Trinajstić information content (AvgIpc) is 3.25. The van der Waals surface area contributed by atoms with Crippen molar-refractivity contribution in [2.24, 2.45) is 0 Å². The molecule has 3 N–H and O–H groups in total. The van der Waals surface area contributed by atoms with Crippen molar-refractivity contribution >= 4 is 11.9 Å². The molecule has 356 valence electrons. The number of aliphatic hydroxyl groups is 2. The number of aliphatic hydroxyl groups excluding tert-OH is 2. The molecule has 0 aliphatic rings. The molecule has 1 amide bonds. The first-order valence-corrected chi connectivity index (χ1v) is 26.9. The molecule has 0 aliphatic heterocycles. The standard InChI is InChI=1S/C54H105NO5/c1-3-5-7-9-11-13-15-16-17-18-19-20-21-23-27-30-34-38-42-46-52(57)51(50-56)55-53(58)47-43-39-35-31-28-24-22-25-29-33-37-41-45-49-60-54(59)48-44-40-36-32-26-14-12-10-8-6-4-2/h10,12,51-52,56-57H,3-9,11,13-50H2,1-2H3,(H,55,58)/b12-10-. The van der Waals surface area contributed by atoms with E-state index in [0.717, 1.165) is 51.4 Å². The molecule has 0 bridgehead atoms. The molecule has 60 heavy (non-hydrogen) atoms. The molecule has 0 aromatic carbocycles. The quantitative estimate of drug-likeness (QED) is 0.0322. The minimum atomic E-state index is -0.672. The highest BCUT2D eigenvalue weighted by Gasteiger charge is 2.20. The van der Waals surface area contributed by atoms with Crippen molar-refractivity contribution in [2.75, 3.05) is 13.2 Å². The van der Waals surface area contributed by atoms with Gasteiger partial charge < -0.3 is 20.3 Å². The molecule has 0 rings (SSSR count). The number of hydrogen-bond acceptors (Lipinski definition) is 5. The van der Waals surface area contributed by atoms with E-state index in [-0.39, 0.29) is 18.5 Å². The van der Waals surface area contributed by atoms with Crippen LogP contribution in [0.2, 0.25) is 0 Å². The maximum atomic E-state index is 12.5. The Morgan fingerprint density at radius 3 is 1.23 bits per heavy atom. The number of ether oxygens (including phenoxy) is 1. The van der Waals surface area contributed by atoms with Gasteiger partial charge in [0.2, 0.25) is 5.91 Å². The number of allylic oxidation sites excluding steroid dienone is 2. The topological polar surface area (TPSA) is 95.9 Å². The summed E-state index contributed by atoms with van der Waals surface area (Å²) in [7, 11) is 0. The maximum absolute atomic E-state index is 12.5. The molecule has 0 fully saturated rings. The Balaban J connectivity index is 3.46. The third-order valence-corrected chi connectivity index (χ3v) is 12.6. The summed E-state index contributed by atoms with van der Waals surface area (Å²) in [5.74, 6) is -0.0617. The summed E-state index contributed by atoms with van der Waals surface area (Å²) in [6, 6.07) is -0.551.